The van der Waals surface area contributed by atoms with Crippen LogP contribution in [0.1, 0.15) is 19.8 Å². The van der Waals surface area contributed by atoms with Gasteiger partial charge >= 0.3 is 6.18 Å². The van der Waals surface area contributed by atoms with Crippen LogP contribution in [0.5, 0.6) is 0 Å². The van der Waals surface area contributed by atoms with E-state index >= 15 is 0 Å². The molecular weight excluding hydrogens is 195 g/mol. The maximum atomic E-state index is 11.8. The van der Waals surface area contributed by atoms with Crippen molar-refractivity contribution in [3.8, 4) is 0 Å². The van der Waals surface area contributed by atoms with Crippen molar-refractivity contribution < 1.29 is 17.9 Å². The van der Waals surface area contributed by atoms with E-state index in [4.69, 9.17) is 0 Å². The molecule has 0 saturated heterocycles. The normalized spacial score (nSPS) is 13.6. The highest BCUT2D eigenvalue weighted by atomic mass is 19.4. The van der Waals surface area contributed by atoms with Gasteiger partial charge in [0, 0.05) is 7.05 Å². The number of rotatable bonds is 5. The van der Waals surface area contributed by atoms with Gasteiger partial charge in [0.2, 0.25) is 0 Å². The highest BCUT2D eigenvalue weighted by Crippen LogP contribution is 2.16. The second-order valence-electron chi connectivity index (χ2n) is 2.69. The summed E-state index contributed by atoms with van der Waals surface area (Å²) in [7, 11) is 1.48. The number of allylic oxidation sites excluding steroid dienone is 2. The van der Waals surface area contributed by atoms with E-state index in [-0.39, 0.29) is 5.76 Å². The van der Waals surface area contributed by atoms with Gasteiger partial charge in [-0.05, 0) is 12.5 Å². The standard InChI is InChI=1S/C9H14F3NO/c1-3-4-5-8(6-13-2)14-7-9(10,11)12/h5-6H,3-4,7H2,1-2H3/b8-5+,13-6?. The molecule has 0 saturated carbocycles. The lowest BCUT2D eigenvalue weighted by Gasteiger charge is -2.09. The number of nitrogens with zero attached hydrogens (tertiary/aromatic N) is 1. The van der Waals surface area contributed by atoms with E-state index in [9.17, 15) is 13.2 Å². The Hall–Kier alpha value is -1.00. The summed E-state index contributed by atoms with van der Waals surface area (Å²) in [5.74, 6) is 0.173. The lowest BCUT2D eigenvalue weighted by Crippen LogP contribution is -2.17. The van der Waals surface area contributed by atoms with Crippen LogP contribution in [-0.2, 0) is 4.74 Å². The number of hydrogen-bond donors (Lipinski definition) is 0. The van der Waals surface area contributed by atoms with Gasteiger partial charge in [0.15, 0.2) is 6.61 Å². The third-order valence-electron chi connectivity index (χ3n) is 1.29. The van der Waals surface area contributed by atoms with Crippen molar-refractivity contribution in [2.75, 3.05) is 13.7 Å². The lowest BCUT2D eigenvalue weighted by molar-refractivity contribution is -0.163. The Morgan fingerprint density at radius 3 is 2.50 bits per heavy atom. The van der Waals surface area contributed by atoms with Crippen LogP contribution in [0.2, 0.25) is 0 Å². The Labute approximate surface area is 81.5 Å². The number of hydrogen-bond acceptors (Lipinski definition) is 2. The monoisotopic (exact) mass is 209 g/mol. The van der Waals surface area contributed by atoms with Crippen molar-refractivity contribution in [1.82, 2.24) is 0 Å². The number of alkyl halides is 3. The number of aliphatic imine (C=N–C) groups is 1. The number of halogens is 3. The number of unbranched alkanes of at least 4 members (excludes halogenated alkanes) is 1. The smallest absolute Gasteiger partial charge is 0.422 e. The zero-order valence-electron chi connectivity index (χ0n) is 8.27. The third-order valence-corrected chi connectivity index (χ3v) is 1.29. The van der Waals surface area contributed by atoms with Crippen LogP contribution in [0.15, 0.2) is 16.8 Å². The molecule has 0 aliphatic heterocycles. The minimum absolute atomic E-state index is 0.173. The molecule has 0 spiro atoms. The highest BCUT2D eigenvalue weighted by Gasteiger charge is 2.28. The molecular formula is C9H14F3NO. The Kier molecular flexibility index (Phi) is 5.99. The lowest BCUT2D eigenvalue weighted by atomic mass is 10.3. The Morgan fingerprint density at radius 2 is 2.07 bits per heavy atom. The van der Waals surface area contributed by atoms with Gasteiger partial charge in [-0.2, -0.15) is 13.2 Å². The molecule has 0 aliphatic rings. The molecule has 0 aromatic heterocycles. The second-order valence-corrected chi connectivity index (χ2v) is 2.69. The first-order chi connectivity index (χ1) is 6.49. The van der Waals surface area contributed by atoms with Crippen LogP contribution < -0.4 is 0 Å². The van der Waals surface area contributed by atoms with Gasteiger partial charge in [0.25, 0.3) is 0 Å². The summed E-state index contributed by atoms with van der Waals surface area (Å²) < 4.78 is 39.9. The first-order valence-electron chi connectivity index (χ1n) is 4.31. The minimum Gasteiger partial charge on any atom is -0.483 e. The molecule has 0 aromatic carbocycles. The molecule has 0 unspecified atom stereocenters. The van der Waals surface area contributed by atoms with Crippen molar-refractivity contribution in [3.05, 3.63) is 11.8 Å². The summed E-state index contributed by atoms with van der Waals surface area (Å²) in [6.45, 7) is 0.662. The summed E-state index contributed by atoms with van der Waals surface area (Å²) in [6.07, 6.45) is 0.114. The molecule has 0 radical (unpaired) electrons. The van der Waals surface area contributed by atoms with E-state index in [1.54, 1.807) is 6.08 Å². The largest absolute Gasteiger partial charge is 0.483 e. The van der Waals surface area contributed by atoms with E-state index in [1.165, 1.54) is 13.3 Å². The predicted molar refractivity (Wildman–Crippen MR) is 49.4 cm³/mol. The highest BCUT2D eigenvalue weighted by molar-refractivity contribution is 5.75. The van der Waals surface area contributed by atoms with E-state index in [0.717, 1.165) is 6.42 Å². The zero-order chi connectivity index (χ0) is 11.0. The van der Waals surface area contributed by atoms with Crippen LogP contribution in [0.3, 0.4) is 0 Å². The Bertz CT molecular complexity index is 209. The summed E-state index contributed by atoms with van der Waals surface area (Å²) in [5, 5.41) is 0. The molecule has 0 atom stereocenters. The first kappa shape index (κ1) is 13.0. The molecule has 0 amide bonds. The van der Waals surface area contributed by atoms with E-state index in [0.29, 0.717) is 6.42 Å². The molecule has 0 bridgehead atoms. The van der Waals surface area contributed by atoms with Gasteiger partial charge in [-0.1, -0.05) is 13.3 Å². The van der Waals surface area contributed by atoms with Gasteiger partial charge in [0.05, 0.1) is 6.21 Å². The van der Waals surface area contributed by atoms with Crippen LogP contribution in [-0.4, -0.2) is 26.0 Å². The van der Waals surface area contributed by atoms with E-state index in [1.807, 2.05) is 6.92 Å². The zero-order valence-corrected chi connectivity index (χ0v) is 8.27. The minimum atomic E-state index is -4.30. The second kappa shape index (κ2) is 6.45. The Balaban J connectivity index is 4.10. The summed E-state index contributed by atoms with van der Waals surface area (Å²) in [5.41, 5.74) is 0. The molecule has 82 valence electrons. The molecule has 0 rings (SSSR count). The van der Waals surface area contributed by atoms with E-state index < -0.39 is 12.8 Å². The summed E-state index contributed by atoms with van der Waals surface area (Å²) in [4.78, 5) is 3.60. The van der Waals surface area contributed by atoms with Crippen LogP contribution in [0.25, 0.3) is 0 Å². The Morgan fingerprint density at radius 1 is 1.43 bits per heavy atom. The topological polar surface area (TPSA) is 21.6 Å². The van der Waals surface area contributed by atoms with Gasteiger partial charge in [0.1, 0.15) is 5.76 Å². The molecule has 14 heavy (non-hydrogen) atoms. The molecule has 0 aliphatic carbocycles. The fourth-order valence-electron chi connectivity index (χ4n) is 0.728. The van der Waals surface area contributed by atoms with E-state index in [2.05, 4.69) is 9.73 Å². The maximum Gasteiger partial charge on any atom is 0.422 e. The van der Waals surface area contributed by atoms with Gasteiger partial charge in [-0.3, -0.25) is 4.99 Å². The van der Waals surface area contributed by atoms with Gasteiger partial charge in [-0.15, -0.1) is 0 Å². The van der Waals surface area contributed by atoms with Crippen molar-refractivity contribution in [1.29, 1.82) is 0 Å². The number of ether oxygens (including phenoxy) is 1. The van der Waals surface area contributed by atoms with Gasteiger partial charge < -0.3 is 4.74 Å². The van der Waals surface area contributed by atoms with Crippen molar-refractivity contribution in [2.45, 2.75) is 25.9 Å². The average molecular weight is 209 g/mol. The fourth-order valence-corrected chi connectivity index (χ4v) is 0.728. The molecule has 0 fully saturated rings. The van der Waals surface area contributed by atoms with Crippen molar-refractivity contribution in [3.63, 3.8) is 0 Å². The van der Waals surface area contributed by atoms with Crippen LogP contribution >= 0.6 is 0 Å². The third kappa shape index (κ3) is 7.64. The van der Waals surface area contributed by atoms with Gasteiger partial charge in [-0.25, -0.2) is 0 Å². The predicted octanol–water partition coefficient (Wildman–Crippen LogP) is 2.95. The molecule has 5 heteroatoms. The van der Waals surface area contributed by atoms with Crippen LogP contribution in [0, 0.1) is 0 Å². The molecule has 0 aromatic rings. The quantitative estimate of drug-likeness (QED) is 0.504. The fraction of sp³-hybridized carbons (Fsp3) is 0.667. The molecule has 0 N–H and O–H groups in total. The SMILES string of the molecule is CCC/C=C(\C=NC)OCC(F)(F)F. The van der Waals surface area contributed by atoms with Crippen LogP contribution in [0.4, 0.5) is 13.2 Å². The molecule has 2 nitrogen and oxygen atoms in total. The van der Waals surface area contributed by atoms with Crippen molar-refractivity contribution in [2.24, 2.45) is 4.99 Å². The van der Waals surface area contributed by atoms with Crippen molar-refractivity contribution >= 4 is 6.21 Å². The molecule has 0 heterocycles. The maximum absolute atomic E-state index is 11.8. The summed E-state index contributed by atoms with van der Waals surface area (Å²) >= 11 is 0. The average Bonchev–Trinajstić information content (AvgIpc) is 2.08. The summed E-state index contributed by atoms with van der Waals surface area (Å²) in [6, 6.07) is 0. The first-order valence-corrected chi connectivity index (χ1v) is 4.31.